The van der Waals surface area contributed by atoms with Gasteiger partial charge in [0.05, 0.1) is 0 Å². The van der Waals surface area contributed by atoms with E-state index < -0.39 is 6.03 Å². The molecular weight excluding hydrogens is 358 g/mol. The summed E-state index contributed by atoms with van der Waals surface area (Å²) < 4.78 is 0. The van der Waals surface area contributed by atoms with Crippen molar-refractivity contribution in [3.63, 3.8) is 0 Å². The monoisotopic (exact) mass is 403 g/mol. The maximum Gasteiger partial charge on any atom is 0.319 e. The van der Waals surface area contributed by atoms with Gasteiger partial charge in [0.15, 0.2) is 0 Å². The lowest BCUT2D eigenvalue weighted by Crippen LogP contribution is -2.36. The van der Waals surface area contributed by atoms with Crippen LogP contribution >= 0.6 is 0 Å². The van der Waals surface area contributed by atoms with Gasteiger partial charge in [-0.1, -0.05) is 109 Å². The molecule has 0 radical (unpaired) electrons. The fourth-order valence-electron chi connectivity index (χ4n) is 3.88. The molecule has 0 saturated carbocycles. The third-order valence-electron chi connectivity index (χ3n) is 5.68. The zero-order valence-corrected chi connectivity index (χ0v) is 18.8. The van der Waals surface area contributed by atoms with Crippen LogP contribution in [-0.4, -0.2) is 12.6 Å². The number of benzene rings is 1. The van der Waals surface area contributed by atoms with E-state index in [9.17, 15) is 4.79 Å². The average molecular weight is 404 g/mol. The van der Waals surface area contributed by atoms with Crippen LogP contribution in [0.2, 0.25) is 0 Å². The van der Waals surface area contributed by atoms with Gasteiger partial charge in [-0.25, -0.2) is 4.79 Å². The maximum atomic E-state index is 11.7. The van der Waals surface area contributed by atoms with E-state index in [-0.39, 0.29) is 0 Å². The molecule has 4 nitrogen and oxygen atoms in total. The smallest absolute Gasteiger partial charge is 0.319 e. The number of hydrogen-bond donors (Lipinski definition) is 2. The number of rotatable bonds is 18. The second-order valence-corrected chi connectivity index (χ2v) is 8.39. The van der Waals surface area contributed by atoms with E-state index in [1.165, 1.54) is 89.9 Å². The number of unbranched alkanes of at least 4 members (excludes halogenated alkanes) is 15. The normalized spacial score (nSPS) is 10.9. The van der Waals surface area contributed by atoms with Gasteiger partial charge < -0.3 is 11.5 Å². The van der Waals surface area contributed by atoms with E-state index >= 15 is 0 Å². The molecule has 0 heterocycles. The topological polar surface area (TPSA) is 72.3 Å². The van der Waals surface area contributed by atoms with Crippen molar-refractivity contribution in [3.8, 4) is 0 Å². The third-order valence-corrected chi connectivity index (χ3v) is 5.68. The van der Waals surface area contributed by atoms with E-state index in [0.29, 0.717) is 12.2 Å². The van der Waals surface area contributed by atoms with Crippen LogP contribution in [0.1, 0.15) is 110 Å². The highest BCUT2D eigenvalue weighted by Gasteiger charge is 2.11. The first-order valence-corrected chi connectivity index (χ1v) is 12.1. The maximum absolute atomic E-state index is 11.7. The fraction of sp³-hybridized carbons (Fsp3) is 0.720. The Labute approximate surface area is 179 Å². The molecule has 0 aliphatic rings. The van der Waals surface area contributed by atoms with Crippen LogP contribution < -0.4 is 16.4 Å². The summed E-state index contributed by atoms with van der Waals surface area (Å²) in [5, 5.41) is 0. The number of nitrogens with two attached hydrogens (primary N) is 2. The molecule has 4 heteroatoms. The van der Waals surface area contributed by atoms with E-state index in [1.807, 2.05) is 18.2 Å². The lowest BCUT2D eigenvalue weighted by atomic mass is 10.0. The molecule has 0 atom stereocenters. The van der Waals surface area contributed by atoms with Gasteiger partial charge in [-0.2, -0.15) is 0 Å². The quantitative estimate of drug-likeness (QED) is 0.198. The number of nitrogen functional groups attached to an aromatic ring is 1. The van der Waals surface area contributed by atoms with Crippen molar-refractivity contribution in [3.05, 3.63) is 24.3 Å². The van der Waals surface area contributed by atoms with Gasteiger partial charge in [0.25, 0.3) is 0 Å². The second-order valence-electron chi connectivity index (χ2n) is 8.39. The highest BCUT2D eigenvalue weighted by atomic mass is 16.2. The highest BCUT2D eigenvalue weighted by Crippen LogP contribution is 2.19. The Hall–Kier alpha value is -1.71. The molecule has 1 aromatic carbocycles. The second kappa shape index (κ2) is 17.2. The number of carbonyl (C=O) groups excluding carboxylic acids is 1. The average Bonchev–Trinajstić information content (AvgIpc) is 2.70. The van der Waals surface area contributed by atoms with Crippen LogP contribution in [-0.2, 0) is 0 Å². The first-order chi connectivity index (χ1) is 14.1. The van der Waals surface area contributed by atoms with Crippen LogP contribution in [0.15, 0.2) is 24.3 Å². The van der Waals surface area contributed by atoms with Crippen molar-refractivity contribution < 1.29 is 4.79 Å². The van der Waals surface area contributed by atoms with Crippen molar-refractivity contribution in [2.24, 2.45) is 5.73 Å². The lowest BCUT2D eigenvalue weighted by Gasteiger charge is -2.20. The number of primary amides is 1. The van der Waals surface area contributed by atoms with Crippen molar-refractivity contribution in [2.45, 2.75) is 110 Å². The van der Waals surface area contributed by atoms with Crippen LogP contribution in [0.5, 0.6) is 0 Å². The Morgan fingerprint density at radius 3 is 1.62 bits per heavy atom. The molecule has 0 unspecified atom stereocenters. The van der Waals surface area contributed by atoms with E-state index in [4.69, 9.17) is 11.5 Å². The van der Waals surface area contributed by atoms with Gasteiger partial charge in [-0.05, 0) is 24.6 Å². The molecule has 0 fully saturated rings. The molecular formula is C25H45N3O. The summed E-state index contributed by atoms with van der Waals surface area (Å²) in [7, 11) is 0. The van der Waals surface area contributed by atoms with Gasteiger partial charge in [0, 0.05) is 17.9 Å². The summed E-state index contributed by atoms with van der Waals surface area (Å²) in [6.07, 6.45) is 21.5. The Morgan fingerprint density at radius 1 is 0.759 bits per heavy atom. The standard InChI is InChI=1S/C25H45N3O/c1-2-3-4-5-6-7-8-9-10-11-12-13-14-15-16-17-21-28(25(27)29)24-20-18-19-23(26)22-24/h18-20,22H,2-17,21,26H2,1H3,(H2,27,29). The molecule has 0 spiro atoms. The number of urea groups is 1. The van der Waals surface area contributed by atoms with Crippen molar-refractivity contribution in [1.29, 1.82) is 0 Å². The molecule has 2 amide bonds. The molecule has 0 saturated heterocycles. The van der Waals surface area contributed by atoms with E-state index in [2.05, 4.69) is 6.92 Å². The summed E-state index contributed by atoms with van der Waals surface area (Å²) in [6.45, 7) is 2.94. The zero-order valence-electron chi connectivity index (χ0n) is 18.8. The van der Waals surface area contributed by atoms with Crippen LogP contribution in [0.25, 0.3) is 0 Å². The Bertz CT molecular complexity index is 533. The molecule has 0 aliphatic heterocycles. The predicted molar refractivity (Wildman–Crippen MR) is 127 cm³/mol. The van der Waals surface area contributed by atoms with Crippen molar-refractivity contribution >= 4 is 17.4 Å². The van der Waals surface area contributed by atoms with E-state index in [1.54, 1.807) is 11.0 Å². The molecule has 1 rings (SSSR count). The summed E-state index contributed by atoms with van der Waals surface area (Å²) >= 11 is 0. The SMILES string of the molecule is CCCCCCCCCCCCCCCCCCN(C(N)=O)c1cccc(N)c1. The minimum atomic E-state index is -0.406. The summed E-state index contributed by atoms with van der Waals surface area (Å²) in [5.41, 5.74) is 12.8. The molecule has 1 aromatic rings. The number of carbonyl (C=O) groups is 1. The zero-order chi connectivity index (χ0) is 21.2. The number of hydrogen-bond acceptors (Lipinski definition) is 2. The Kier molecular flexibility index (Phi) is 15.0. The van der Waals surface area contributed by atoms with Gasteiger partial charge in [-0.3, -0.25) is 4.90 Å². The fourth-order valence-corrected chi connectivity index (χ4v) is 3.88. The minimum absolute atomic E-state index is 0.406. The van der Waals surface area contributed by atoms with Crippen LogP contribution in [0, 0.1) is 0 Å². The molecule has 29 heavy (non-hydrogen) atoms. The largest absolute Gasteiger partial charge is 0.399 e. The van der Waals surface area contributed by atoms with Gasteiger partial charge in [0.2, 0.25) is 0 Å². The van der Waals surface area contributed by atoms with E-state index in [0.717, 1.165) is 18.5 Å². The van der Waals surface area contributed by atoms with Gasteiger partial charge in [-0.15, -0.1) is 0 Å². The van der Waals surface area contributed by atoms with Crippen LogP contribution in [0.4, 0.5) is 16.2 Å². The van der Waals surface area contributed by atoms with Crippen LogP contribution in [0.3, 0.4) is 0 Å². The first-order valence-electron chi connectivity index (χ1n) is 12.1. The summed E-state index contributed by atoms with van der Waals surface area (Å²) in [5.74, 6) is 0. The Balaban J connectivity index is 1.93. The van der Waals surface area contributed by atoms with Gasteiger partial charge in [0.1, 0.15) is 0 Å². The highest BCUT2D eigenvalue weighted by molar-refractivity contribution is 5.91. The molecule has 0 aromatic heterocycles. The van der Waals surface area contributed by atoms with Crippen molar-refractivity contribution in [2.75, 3.05) is 17.2 Å². The number of amides is 2. The Morgan fingerprint density at radius 2 is 1.21 bits per heavy atom. The summed E-state index contributed by atoms with van der Waals surface area (Å²) in [6, 6.07) is 6.95. The number of anilines is 2. The molecule has 0 bridgehead atoms. The predicted octanol–water partition coefficient (Wildman–Crippen LogP) is 7.42. The third kappa shape index (κ3) is 13.2. The summed E-state index contributed by atoms with van der Waals surface area (Å²) in [4.78, 5) is 13.3. The molecule has 166 valence electrons. The van der Waals surface area contributed by atoms with Gasteiger partial charge >= 0.3 is 6.03 Å². The number of nitrogens with zero attached hydrogens (tertiary/aromatic N) is 1. The molecule has 0 aliphatic carbocycles. The molecule has 4 N–H and O–H groups in total. The van der Waals surface area contributed by atoms with Crippen molar-refractivity contribution in [1.82, 2.24) is 0 Å². The lowest BCUT2D eigenvalue weighted by molar-refractivity contribution is 0.253. The first kappa shape index (κ1) is 25.3. The minimum Gasteiger partial charge on any atom is -0.399 e.